The Morgan fingerprint density at radius 2 is 2.38 bits per heavy atom. The summed E-state index contributed by atoms with van der Waals surface area (Å²) in [5.74, 6) is 1.27. The van der Waals surface area contributed by atoms with Crippen LogP contribution in [-0.4, -0.2) is 29.7 Å². The standard InChI is InChI=1S/C8H14N4O/c1-6(9)4-10-7-3-8(13-2)12-5-11-7/h3,5-6H,4,9H2,1-2H3,(H,10,11,12). The first-order valence-electron chi connectivity index (χ1n) is 4.08. The van der Waals surface area contributed by atoms with Crippen molar-refractivity contribution in [3.05, 3.63) is 12.4 Å². The molecule has 1 aromatic rings. The molecule has 72 valence electrons. The van der Waals surface area contributed by atoms with Crippen LogP contribution in [0.5, 0.6) is 5.88 Å². The topological polar surface area (TPSA) is 73.1 Å². The van der Waals surface area contributed by atoms with Gasteiger partial charge < -0.3 is 15.8 Å². The van der Waals surface area contributed by atoms with Crippen LogP contribution in [0.4, 0.5) is 5.82 Å². The molecule has 0 amide bonds. The summed E-state index contributed by atoms with van der Waals surface area (Å²) in [7, 11) is 1.57. The highest BCUT2D eigenvalue weighted by molar-refractivity contribution is 5.36. The maximum absolute atomic E-state index is 5.57. The lowest BCUT2D eigenvalue weighted by molar-refractivity contribution is 0.397. The second kappa shape index (κ2) is 4.61. The highest BCUT2D eigenvalue weighted by Crippen LogP contribution is 2.09. The number of aromatic nitrogens is 2. The first-order valence-corrected chi connectivity index (χ1v) is 4.08. The van der Waals surface area contributed by atoms with Crippen molar-refractivity contribution in [1.82, 2.24) is 9.97 Å². The number of anilines is 1. The van der Waals surface area contributed by atoms with E-state index in [0.717, 1.165) is 5.82 Å². The van der Waals surface area contributed by atoms with E-state index in [-0.39, 0.29) is 6.04 Å². The van der Waals surface area contributed by atoms with E-state index in [1.807, 2.05) is 6.92 Å². The molecular formula is C8H14N4O. The Kier molecular flexibility index (Phi) is 3.45. The van der Waals surface area contributed by atoms with Crippen LogP contribution in [0.15, 0.2) is 12.4 Å². The molecule has 1 unspecified atom stereocenters. The van der Waals surface area contributed by atoms with Gasteiger partial charge in [0.2, 0.25) is 5.88 Å². The molecule has 0 bridgehead atoms. The smallest absolute Gasteiger partial charge is 0.218 e. The van der Waals surface area contributed by atoms with Crippen LogP contribution in [0.1, 0.15) is 6.92 Å². The number of nitrogens with one attached hydrogen (secondary N) is 1. The fourth-order valence-corrected chi connectivity index (χ4v) is 0.813. The lowest BCUT2D eigenvalue weighted by atomic mass is 10.3. The van der Waals surface area contributed by atoms with Gasteiger partial charge in [-0.15, -0.1) is 0 Å². The zero-order valence-corrected chi connectivity index (χ0v) is 7.82. The molecule has 0 spiro atoms. The van der Waals surface area contributed by atoms with E-state index in [0.29, 0.717) is 12.4 Å². The molecule has 1 aromatic heterocycles. The average molecular weight is 182 g/mol. The minimum absolute atomic E-state index is 0.0981. The molecule has 0 radical (unpaired) electrons. The molecule has 0 aliphatic carbocycles. The highest BCUT2D eigenvalue weighted by Gasteiger charge is 1.98. The van der Waals surface area contributed by atoms with Crippen molar-refractivity contribution in [3.63, 3.8) is 0 Å². The molecule has 0 saturated heterocycles. The Labute approximate surface area is 77.3 Å². The van der Waals surface area contributed by atoms with Crippen LogP contribution < -0.4 is 15.8 Å². The van der Waals surface area contributed by atoms with Gasteiger partial charge in [-0.05, 0) is 6.92 Å². The largest absolute Gasteiger partial charge is 0.481 e. The molecular weight excluding hydrogens is 168 g/mol. The monoisotopic (exact) mass is 182 g/mol. The molecule has 1 rings (SSSR count). The van der Waals surface area contributed by atoms with Crippen molar-refractivity contribution in [2.75, 3.05) is 19.0 Å². The summed E-state index contributed by atoms with van der Waals surface area (Å²) in [6, 6.07) is 1.82. The van der Waals surface area contributed by atoms with Crippen LogP contribution in [0, 0.1) is 0 Å². The molecule has 5 nitrogen and oxygen atoms in total. The lowest BCUT2D eigenvalue weighted by Crippen LogP contribution is -2.25. The van der Waals surface area contributed by atoms with E-state index in [4.69, 9.17) is 10.5 Å². The maximum atomic E-state index is 5.57. The van der Waals surface area contributed by atoms with Crippen LogP contribution in [0.3, 0.4) is 0 Å². The third-order valence-electron chi connectivity index (χ3n) is 1.46. The van der Waals surface area contributed by atoms with Gasteiger partial charge in [0.05, 0.1) is 7.11 Å². The molecule has 0 fully saturated rings. The van der Waals surface area contributed by atoms with Gasteiger partial charge in [-0.1, -0.05) is 0 Å². The number of ether oxygens (including phenoxy) is 1. The summed E-state index contributed by atoms with van der Waals surface area (Å²) in [6.45, 7) is 2.60. The van der Waals surface area contributed by atoms with Crippen LogP contribution >= 0.6 is 0 Å². The van der Waals surface area contributed by atoms with Crippen molar-refractivity contribution in [2.24, 2.45) is 5.73 Å². The molecule has 13 heavy (non-hydrogen) atoms. The second-order valence-corrected chi connectivity index (χ2v) is 2.80. The van der Waals surface area contributed by atoms with Gasteiger partial charge in [0.25, 0.3) is 0 Å². The minimum atomic E-state index is 0.0981. The third-order valence-corrected chi connectivity index (χ3v) is 1.46. The van der Waals surface area contributed by atoms with E-state index < -0.39 is 0 Å². The van der Waals surface area contributed by atoms with Crippen molar-refractivity contribution < 1.29 is 4.74 Å². The first-order chi connectivity index (χ1) is 6.22. The predicted molar refractivity (Wildman–Crippen MR) is 50.7 cm³/mol. The summed E-state index contributed by atoms with van der Waals surface area (Å²) >= 11 is 0. The quantitative estimate of drug-likeness (QED) is 0.698. The lowest BCUT2D eigenvalue weighted by Gasteiger charge is -2.08. The van der Waals surface area contributed by atoms with Gasteiger partial charge in [-0.25, -0.2) is 9.97 Å². The molecule has 1 atom stereocenters. The molecule has 5 heteroatoms. The van der Waals surface area contributed by atoms with Crippen molar-refractivity contribution >= 4 is 5.82 Å². The van der Waals surface area contributed by atoms with E-state index in [9.17, 15) is 0 Å². The number of hydrogen-bond acceptors (Lipinski definition) is 5. The summed E-state index contributed by atoms with van der Waals surface area (Å²) < 4.78 is 4.94. The summed E-state index contributed by atoms with van der Waals surface area (Å²) in [5.41, 5.74) is 5.57. The number of nitrogens with two attached hydrogens (primary N) is 1. The molecule has 0 saturated carbocycles. The maximum Gasteiger partial charge on any atom is 0.218 e. The third kappa shape index (κ3) is 3.25. The zero-order chi connectivity index (χ0) is 9.68. The Balaban J connectivity index is 2.56. The van der Waals surface area contributed by atoms with Crippen molar-refractivity contribution in [1.29, 1.82) is 0 Å². The average Bonchev–Trinajstić information content (AvgIpc) is 2.15. The van der Waals surface area contributed by atoms with Gasteiger partial charge in [-0.3, -0.25) is 0 Å². The fourth-order valence-electron chi connectivity index (χ4n) is 0.813. The summed E-state index contributed by atoms with van der Waals surface area (Å²) in [4.78, 5) is 7.88. The number of nitrogens with zero attached hydrogens (tertiary/aromatic N) is 2. The van der Waals surface area contributed by atoms with Crippen molar-refractivity contribution in [2.45, 2.75) is 13.0 Å². The van der Waals surface area contributed by atoms with E-state index in [2.05, 4.69) is 15.3 Å². The van der Waals surface area contributed by atoms with Gasteiger partial charge >= 0.3 is 0 Å². The Hall–Kier alpha value is -1.36. The summed E-state index contributed by atoms with van der Waals surface area (Å²) in [6.07, 6.45) is 1.45. The normalized spacial score (nSPS) is 12.2. The Morgan fingerprint density at radius 1 is 1.62 bits per heavy atom. The zero-order valence-electron chi connectivity index (χ0n) is 7.82. The van der Waals surface area contributed by atoms with Gasteiger partial charge in [0.15, 0.2) is 0 Å². The predicted octanol–water partition coefficient (Wildman–Crippen LogP) is 0.244. The molecule has 0 aromatic carbocycles. The molecule has 0 aliphatic rings. The minimum Gasteiger partial charge on any atom is -0.481 e. The number of methoxy groups -OCH3 is 1. The van der Waals surface area contributed by atoms with Gasteiger partial charge in [0.1, 0.15) is 12.1 Å². The van der Waals surface area contributed by atoms with Crippen LogP contribution in [0.2, 0.25) is 0 Å². The Bertz CT molecular complexity index is 264. The molecule has 3 N–H and O–H groups in total. The van der Waals surface area contributed by atoms with Crippen LogP contribution in [-0.2, 0) is 0 Å². The number of hydrogen-bond donors (Lipinski definition) is 2. The first kappa shape index (κ1) is 9.73. The molecule has 1 heterocycles. The van der Waals surface area contributed by atoms with E-state index in [1.54, 1.807) is 13.2 Å². The van der Waals surface area contributed by atoms with E-state index >= 15 is 0 Å². The number of rotatable bonds is 4. The fraction of sp³-hybridized carbons (Fsp3) is 0.500. The van der Waals surface area contributed by atoms with Gasteiger partial charge in [0, 0.05) is 18.7 Å². The SMILES string of the molecule is COc1cc(NCC(C)N)ncn1. The second-order valence-electron chi connectivity index (χ2n) is 2.80. The van der Waals surface area contributed by atoms with E-state index in [1.165, 1.54) is 6.33 Å². The van der Waals surface area contributed by atoms with Crippen molar-refractivity contribution in [3.8, 4) is 5.88 Å². The van der Waals surface area contributed by atoms with Crippen LogP contribution in [0.25, 0.3) is 0 Å². The van der Waals surface area contributed by atoms with Gasteiger partial charge in [-0.2, -0.15) is 0 Å². The summed E-state index contributed by atoms with van der Waals surface area (Å²) in [5, 5.41) is 3.06. The Morgan fingerprint density at radius 3 is 3.00 bits per heavy atom. The molecule has 0 aliphatic heterocycles. The highest BCUT2D eigenvalue weighted by atomic mass is 16.5.